The first-order valence-corrected chi connectivity index (χ1v) is 7.67. The predicted octanol–water partition coefficient (Wildman–Crippen LogP) is 0.867. The number of ether oxygens (including phenoxy) is 1. The van der Waals surface area contributed by atoms with Gasteiger partial charge in [0.15, 0.2) is 5.75 Å². The van der Waals surface area contributed by atoms with Crippen molar-refractivity contribution >= 4 is 15.5 Å². The topological polar surface area (TPSA) is 113 Å². The molecule has 0 unspecified atom stereocenters. The van der Waals surface area contributed by atoms with Crippen LogP contribution in [-0.2, 0) is 16.4 Å². The summed E-state index contributed by atoms with van der Waals surface area (Å²) in [6.07, 6.45) is 1.42. The van der Waals surface area contributed by atoms with Gasteiger partial charge in [0.2, 0.25) is 0 Å². The molecule has 0 aliphatic heterocycles. The summed E-state index contributed by atoms with van der Waals surface area (Å²) in [7, 11) is -3.05. The molecule has 0 spiro atoms. The van der Waals surface area contributed by atoms with Crippen LogP contribution >= 0.6 is 0 Å². The molecule has 0 atom stereocenters. The summed E-state index contributed by atoms with van der Waals surface area (Å²) in [6.45, 7) is 0.311. The second-order valence-electron chi connectivity index (χ2n) is 4.10. The van der Waals surface area contributed by atoms with Gasteiger partial charge in [-0.1, -0.05) is 6.07 Å². The van der Waals surface area contributed by atoms with Crippen LogP contribution in [0.5, 0.6) is 5.75 Å². The van der Waals surface area contributed by atoms with Gasteiger partial charge >= 0.3 is 5.69 Å². The van der Waals surface area contributed by atoms with Crippen LogP contribution in [0.15, 0.2) is 18.2 Å². The van der Waals surface area contributed by atoms with Crippen molar-refractivity contribution in [3.05, 3.63) is 33.9 Å². The van der Waals surface area contributed by atoms with Crippen LogP contribution in [-0.4, -0.2) is 32.0 Å². The molecular formula is C11H16N2O5S. The molecule has 1 rings (SSSR count). The van der Waals surface area contributed by atoms with E-state index in [0.717, 1.165) is 6.26 Å². The lowest BCUT2D eigenvalue weighted by Gasteiger charge is -2.07. The molecule has 1 aromatic carbocycles. The number of nitrogens with zero attached hydrogens (tertiary/aromatic N) is 1. The minimum atomic E-state index is -3.05. The summed E-state index contributed by atoms with van der Waals surface area (Å²) in [5.41, 5.74) is 5.88. The first-order valence-electron chi connectivity index (χ1n) is 5.61. The van der Waals surface area contributed by atoms with Crippen molar-refractivity contribution in [1.82, 2.24) is 0 Å². The molecule has 1 aromatic rings. The van der Waals surface area contributed by atoms with Gasteiger partial charge in [0.1, 0.15) is 9.84 Å². The fourth-order valence-electron chi connectivity index (χ4n) is 1.46. The summed E-state index contributed by atoms with van der Waals surface area (Å²) in [5, 5.41) is 10.9. The Kier molecular flexibility index (Phi) is 5.25. The van der Waals surface area contributed by atoms with E-state index in [4.69, 9.17) is 10.5 Å². The second kappa shape index (κ2) is 6.48. The molecule has 2 N–H and O–H groups in total. The number of rotatable bonds is 7. The fourth-order valence-corrected chi connectivity index (χ4v) is 2.10. The van der Waals surface area contributed by atoms with Crippen molar-refractivity contribution in [1.29, 1.82) is 0 Å². The smallest absolute Gasteiger partial charge is 0.311 e. The van der Waals surface area contributed by atoms with Gasteiger partial charge in [0, 0.05) is 18.9 Å². The highest BCUT2D eigenvalue weighted by Crippen LogP contribution is 2.27. The van der Waals surface area contributed by atoms with E-state index in [-0.39, 0.29) is 36.8 Å². The minimum Gasteiger partial charge on any atom is -0.487 e. The Morgan fingerprint density at radius 3 is 2.63 bits per heavy atom. The molecule has 0 saturated heterocycles. The molecule has 8 heteroatoms. The van der Waals surface area contributed by atoms with Gasteiger partial charge in [-0.15, -0.1) is 0 Å². The predicted molar refractivity (Wildman–Crippen MR) is 70.8 cm³/mol. The molecule has 0 aliphatic rings. The van der Waals surface area contributed by atoms with Crippen LogP contribution in [0.2, 0.25) is 0 Å². The van der Waals surface area contributed by atoms with Crippen molar-refractivity contribution < 1.29 is 18.1 Å². The van der Waals surface area contributed by atoms with Gasteiger partial charge < -0.3 is 10.5 Å². The summed E-state index contributed by atoms with van der Waals surface area (Å²) in [6, 6.07) is 4.46. The Morgan fingerprint density at radius 1 is 1.42 bits per heavy atom. The quantitative estimate of drug-likeness (QED) is 0.452. The van der Waals surface area contributed by atoms with Gasteiger partial charge in [0.05, 0.1) is 17.3 Å². The van der Waals surface area contributed by atoms with E-state index in [0.29, 0.717) is 5.56 Å². The van der Waals surface area contributed by atoms with Crippen LogP contribution in [0.4, 0.5) is 5.69 Å². The van der Waals surface area contributed by atoms with Crippen molar-refractivity contribution in [3.8, 4) is 5.75 Å². The maximum atomic E-state index is 10.9. The Labute approximate surface area is 111 Å². The highest BCUT2D eigenvalue weighted by atomic mass is 32.2. The average Bonchev–Trinajstić information content (AvgIpc) is 2.33. The molecule has 106 valence electrons. The van der Waals surface area contributed by atoms with Crippen molar-refractivity contribution in [2.75, 3.05) is 18.6 Å². The Morgan fingerprint density at radius 2 is 2.11 bits per heavy atom. The van der Waals surface area contributed by atoms with E-state index in [1.165, 1.54) is 12.1 Å². The van der Waals surface area contributed by atoms with Gasteiger partial charge in [-0.2, -0.15) is 0 Å². The number of nitro benzene ring substituents is 1. The summed E-state index contributed by atoms with van der Waals surface area (Å²) >= 11 is 0. The second-order valence-corrected chi connectivity index (χ2v) is 6.35. The molecule has 0 amide bonds. The highest BCUT2D eigenvalue weighted by Gasteiger charge is 2.15. The van der Waals surface area contributed by atoms with Crippen molar-refractivity contribution in [2.45, 2.75) is 13.0 Å². The minimum absolute atomic E-state index is 0.0122. The van der Waals surface area contributed by atoms with Crippen molar-refractivity contribution in [3.63, 3.8) is 0 Å². The van der Waals surface area contributed by atoms with Gasteiger partial charge in [0.25, 0.3) is 0 Å². The molecule has 0 fully saturated rings. The van der Waals surface area contributed by atoms with Crippen molar-refractivity contribution in [2.24, 2.45) is 5.73 Å². The molecule has 0 saturated carbocycles. The first-order chi connectivity index (χ1) is 8.83. The number of nitrogens with two attached hydrogens (primary N) is 1. The van der Waals surface area contributed by atoms with Gasteiger partial charge in [-0.25, -0.2) is 8.42 Å². The van der Waals surface area contributed by atoms with Gasteiger partial charge in [-0.05, 0) is 18.1 Å². The number of nitro groups is 1. The number of benzene rings is 1. The van der Waals surface area contributed by atoms with Crippen LogP contribution in [0.25, 0.3) is 0 Å². The summed E-state index contributed by atoms with van der Waals surface area (Å²) in [4.78, 5) is 10.3. The average molecular weight is 288 g/mol. The lowest BCUT2D eigenvalue weighted by atomic mass is 10.2. The van der Waals surface area contributed by atoms with E-state index >= 15 is 0 Å². The van der Waals surface area contributed by atoms with Crippen LogP contribution < -0.4 is 10.5 Å². The summed E-state index contributed by atoms with van der Waals surface area (Å²) < 4.78 is 27.1. The van der Waals surface area contributed by atoms with Crippen LogP contribution in [0.1, 0.15) is 12.0 Å². The molecule has 0 bridgehead atoms. The highest BCUT2D eigenvalue weighted by molar-refractivity contribution is 7.90. The monoisotopic (exact) mass is 288 g/mol. The Balaban J connectivity index is 2.70. The number of hydrogen-bond acceptors (Lipinski definition) is 6. The molecule has 7 nitrogen and oxygen atoms in total. The summed E-state index contributed by atoms with van der Waals surface area (Å²) in [5.74, 6) is 0.109. The maximum absolute atomic E-state index is 10.9. The Hall–Kier alpha value is -1.67. The standard InChI is InChI=1S/C11H16N2O5S/c1-19(16,17)6-2-5-18-11-4-3-9(8-12)7-10(11)13(14)15/h3-4,7H,2,5-6,8,12H2,1H3. The van der Waals surface area contributed by atoms with E-state index < -0.39 is 14.8 Å². The molecule has 19 heavy (non-hydrogen) atoms. The van der Waals surface area contributed by atoms with Gasteiger partial charge in [-0.3, -0.25) is 10.1 Å². The lowest BCUT2D eigenvalue weighted by molar-refractivity contribution is -0.385. The lowest BCUT2D eigenvalue weighted by Crippen LogP contribution is -2.09. The third-order valence-corrected chi connectivity index (χ3v) is 3.40. The molecule has 0 aliphatic carbocycles. The largest absolute Gasteiger partial charge is 0.487 e. The zero-order valence-electron chi connectivity index (χ0n) is 10.5. The molecular weight excluding hydrogens is 272 g/mol. The number of hydrogen-bond donors (Lipinski definition) is 1. The molecule has 0 radical (unpaired) electrons. The van der Waals surface area contributed by atoms with E-state index in [1.54, 1.807) is 6.07 Å². The van der Waals surface area contributed by atoms with Crippen LogP contribution in [0.3, 0.4) is 0 Å². The van der Waals surface area contributed by atoms with E-state index in [9.17, 15) is 18.5 Å². The third kappa shape index (κ3) is 5.23. The SMILES string of the molecule is CS(=O)(=O)CCCOc1ccc(CN)cc1[N+](=O)[O-]. The van der Waals surface area contributed by atoms with Crippen LogP contribution in [0, 0.1) is 10.1 Å². The first kappa shape index (κ1) is 15.4. The molecule has 0 aromatic heterocycles. The zero-order chi connectivity index (χ0) is 14.5. The maximum Gasteiger partial charge on any atom is 0.311 e. The van der Waals surface area contributed by atoms with E-state index in [1.807, 2.05) is 0 Å². The fraction of sp³-hybridized carbons (Fsp3) is 0.455. The third-order valence-electron chi connectivity index (χ3n) is 2.37. The van der Waals surface area contributed by atoms with E-state index in [2.05, 4.69) is 0 Å². The number of sulfone groups is 1. The molecule has 0 heterocycles. The normalized spacial score (nSPS) is 11.3. The Bertz CT molecular complexity index is 556. The zero-order valence-corrected chi connectivity index (χ0v) is 11.4.